The summed E-state index contributed by atoms with van der Waals surface area (Å²) in [5, 5.41) is 7.00. The molecule has 2 aliphatic rings. The SMILES string of the molecule is CO.COC(=O)Cc1cc(F)ccc1C1=CCOC1.COC(=O)Cc1cc(F)ccc1C1CCOC1. The molecular weight excluding hydrogens is 474 g/mol. The maximum absolute atomic E-state index is 13.2. The molecule has 2 heterocycles. The smallest absolute Gasteiger partial charge is 0.310 e. The number of rotatable bonds is 6. The van der Waals surface area contributed by atoms with Crippen LogP contribution in [0.15, 0.2) is 42.5 Å². The van der Waals surface area contributed by atoms with Gasteiger partial charge in [0.1, 0.15) is 11.6 Å². The van der Waals surface area contributed by atoms with Gasteiger partial charge in [-0.15, -0.1) is 0 Å². The van der Waals surface area contributed by atoms with Crippen LogP contribution in [0.2, 0.25) is 0 Å². The first-order valence-electron chi connectivity index (χ1n) is 11.4. The largest absolute Gasteiger partial charge is 0.469 e. The Balaban J connectivity index is 0.000000237. The lowest BCUT2D eigenvalue weighted by Crippen LogP contribution is -2.10. The molecule has 0 aromatic heterocycles. The second kappa shape index (κ2) is 15.1. The van der Waals surface area contributed by atoms with Crippen LogP contribution >= 0.6 is 0 Å². The van der Waals surface area contributed by atoms with E-state index in [-0.39, 0.29) is 42.3 Å². The first kappa shape index (κ1) is 29.1. The van der Waals surface area contributed by atoms with Crippen molar-refractivity contribution in [1.82, 2.24) is 0 Å². The molecule has 7 nitrogen and oxygen atoms in total. The van der Waals surface area contributed by atoms with Crippen LogP contribution in [0.3, 0.4) is 0 Å². The molecule has 0 radical (unpaired) electrons. The summed E-state index contributed by atoms with van der Waals surface area (Å²) in [6.07, 6.45) is 3.04. The van der Waals surface area contributed by atoms with Crippen LogP contribution in [0.1, 0.15) is 34.6 Å². The first-order valence-corrected chi connectivity index (χ1v) is 11.4. The van der Waals surface area contributed by atoms with Gasteiger partial charge in [-0.3, -0.25) is 9.59 Å². The van der Waals surface area contributed by atoms with Crippen LogP contribution in [-0.4, -0.2) is 64.8 Å². The highest BCUT2D eigenvalue weighted by Gasteiger charge is 2.22. The standard InChI is InChI=1S/C13H15FO3.C13H13FO3.CH4O/c2*1-16-13(15)7-10-6-11(14)2-3-12(10)9-4-5-17-8-9;1-2/h2-3,6,9H,4-5,7-8H2,1H3;2-4,6H,5,7-8H2,1H3;2H,1H3. The number of aliphatic hydroxyl groups is 1. The predicted molar refractivity (Wildman–Crippen MR) is 129 cm³/mol. The molecule has 0 bridgehead atoms. The number of ether oxygens (including phenoxy) is 4. The average Bonchev–Trinajstić information content (AvgIpc) is 3.61. The van der Waals surface area contributed by atoms with Crippen molar-refractivity contribution in [3.63, 3.8) is 0 Å². The fourth-order valence-electron chi connectivity index (χ4n) is 3.96. The van der Waals surface area contributed by atoms with Crippen molar-refractivity contribution in [2.45, 2.75) is 25.2 Å². The number of aliphatic hydroxyl groups excluding tert-OH is 1. The minimum absolute atomic E-state index is 0.0704. The topological polar surface area (TPSA) is 91.3 Å². The molecular formula is C27H32F2O7. The number of carbonyl (C=O) groups is 2. The molecule has 2 aliphatic heterocycles. The third kappa shape index (κ3) is 8.51. The molecule has 1 saturated heterocycles. The molecule has 0 spiro atoms. The molecule has 2 aromatic carbocycles. The van der Waals surface area contributed by atoms with Crippen molar-refractivity contribution < 1.29 is 42.4 Å². The Morgan fingerprint density at radius 3 is 2.11 bits per heavy atom. The molecule has 1 atom stereocenters. The van der Waals surface area contributed by atoms with Gasteiger partial charge in [-0.1, -0.05) is 18.2 Å². The number of carbonyl (C=O) groups excluding carboxylic acids is 2. The highest BCUT2D eigenvalue weighted by molar-refractivity contribution is 5.78. The van der Waals surface area contributed by atoms with E-state index in [2.05, 4.69) is 9.47 Å². The number of hydrogen-bond acceptors (Lipinski definition) is 7. The van der Waals surface area contributed by atoms with Gasteiger partial charge >= 0.3 is 11.9 Å². The van der Waals surface area contributed by atoms with Crippen LogP contribution in [0, 0.1) is 11.6 Å². The summed E-state index contributed by atoms with van der Waals surface area (Å²) in [5.74, 6) is -1.15. The molecule has 0 aliphatic carbocycles. The fraction of sp³-hybridized carbons (Fsp3) is 0.407. The first-order chi connectivity index (χ1) is 17.4. The minimum atomic E-state index is -0.378. The summed E-state index contributed by atoms with van der Waals surface area (Å²) < 4.78 is 46.2. The average molecular weight is 507 g/mol. The van der Waals surface area contributed by atoms with Gasteiger partial charge in [0, 0.05) is 19.6 Å². The summed E-state index contributed by atoms with van der Waals surface area (Å²) in [7, 11) is 3.65. The van der Waals surface area contributed by atoms with Gasteiger partial charge in [-0.05, 0) is 58.5 Å². The lowest BCUT2D eigenvalue weighted by atomic mass is 9.92. The maximum Gasteiger partial charge on any atom is 0.310 e. The minimum Gasteiger partial charge on any atom is -0.469 e. The number of halogens is 2. The second-order valence-electron chi connectivity index (χ2n) is 7.96. The second-order valence-corrected chi connectivity index (χ2v) is 7.96. The summed E-state index contributed by atoms with van der Waals surface area (Å²) >= 11 is 0. The predicted octanol–water partition coefficient (Wildman–Crippen LogP) is 3.61. The van der Waals surface area contributed by atoms with Crippen LogP contribution in [0.25, 0.3) is 5.57 Å². The van der Waals surface area contributed by atoms with E-state index in [4.69, 9.17) is 14.6 Å². The molecule has 1 unspecified atom stereocenters. The molecule has 9 heteroatoms. The van der Waals surface area contributed by atoms with Crippen LogP contribution in [0.5, 0.6) is 0 Å². The summed E-state index contributed by atoms with van der Waals surface area (Å²) in [6.45, 7) is 2.42. The Kier molecular flexibility index (Phi) is 12.2. The third-order valence-corrected chi connectivity index (χ3v) is 5.72. The van der Waals surface area contributed by atoms with Gasteiger partial charge in [0.25, 0.3) is 0 Å². The summed E-state index contributed by atoms with van der Waals surface area (Å²) in [6, 6.07) is 9.00. The van der Waals surface area contributed by atoms with Gasteiger partial charge in [0.05, 0.1) is 46.9 Å². The van der Waals surface area contributed by atoms with Gasteiger partial charge in [-0.25, -0.2) is 8.78 Å². The van der Waals surface area contributed by atoms with Gasteiger partial charge in [0.15, 0.2) is 0 Å². The van der Waals surface area contributed by atoms with Gasteiger partial charge in [0.2, 0.25) is 0 Å². The third-order valence-electron chi connectivity index (χ3n) is 5.72. The molecule has 1 fully saturated rings. The van der Waals surface area contributed by atoms with E-state index in [1.807, 2.05) is 6.08 Å². The van der Waals surface area contributed by atoms with E-state index < -0.39 is 0 Å². The van der Waals surface area contributed by atoms with Crippen LogP contribution in [-0.2, 0) is 41.4 Å². The number of methoxy groups -OCH3 is 2. The zero-order valence-corrected chi connectivity index (χ0v) is 20.7. The zero-order valence-electron chi connectivity index (χ0n) is 20.7. The van der Waals surface area contributed by atoms with Crippen molar-refractivity contribution >= 4 is 17.5 Å². The Morgan fingerprint density at radius 1 is 0.944 bits per heavy atom. The quantitative estimate of drug-likeness (QED) is 0.599. The maximum atomic E-state index is 13.2. The monoisotopic (exact) mass is 506 g/mol. The lowest BCUT2D eigenvalue weighted by molar-refractivity contribution is -0.140. The van der Waals surface area contributed by atoms with E-state index in [9.17, 15) is 18.4 Å². The number of hydrogen-bond donors (Lipinski definition) is 1. The van der Waals surface area contributed by atoms with Crippen molar-refractivity contribution in [3.05, 3.63) is 76.4 Å². The Labute approximate surface area is 209 Å². The highest BCUT2D eigenvalue weighted by Crippen LogP contribution is 2.29. The normalized spacial score (nSPS) is 16.2. The van der Waals surface area contributed by atoms with Crippen molar-refractivity contribution in [2.75, 3.05) is 47.8 Å². The van der Waals surface area contributed by atoms with Gasteiger partial charge in [-0.2, -0.15) is 0 Å². The van der Waals surface area contributed by atoms with Gasteiger partial charge < -0.3 is 24.1 Å². The Hall–Kier alpha value is -3.14. The molecule has 2 aromatic rings. The molecule has 1 N–H and O–H groups in total. The zero-order chi connectivity index (χ0) is 26.5. The fourth-order valence-corrected chi connectivity index (χ4v) is 3.96. The van der Waals surface area contributed by atoms with Crippen molar-refractivity contribution in [2.24, 2.45) is 0 Å². The van der Waals surface area contributed by atoms with Crippen molar-refractivity contribution in [3.8, 4) is 0 Å². The van der Waals surface area contributed by atoms with Crippen LogP contribution in [0.4, 0.5) is 8.78 Å². The molecule has 196 valence electrons. The van der Waals surface area contributed by atoms with E-state index in [0.717, 1.165) is 36.8 Å². The van der Waals surface area contributed by atoms with E-state index in [1.165, 1.54) is 38.5 Å². The molecule has 4 rings (SSSR count). The van der Waals surface area contributed by atoms with E-state index in [1.54, 1.807) is 12.1 Å². The van der Waals surface area contributed by atoms with Crippen molar-refractivity contribution in [1.29, 1.82) is 0 Å². The number of benzene rings is 2. The van der Waals surface area contributed by atoms with E-state index >= 15 is 0 Å². The molecule has 0 amide bonds. The highest BCUT2D eigenvalue weighted by atomic mass is 19.1. The van der Waals surface area contributed by atoms with Crippen LogP contribution < -0.4 is 0 Å². The van der Waals surface area contributed by atoms with E-state index in [0.29, 0.717) is 30.9 Å². The number of esters is 2. The lowest BCUT2D eigenvalue weighted by Gasteiger charge is -2.13. The summed E-state index contributed by atoms with van der Waals surface area (Å²) in [5.41, 5.74) is 4.17. The molecule has 36 heavy (non-hydrogen) atoms. The molecule has 0 saturated carbocycles. The Bertz CT molecular complexity index is 1050. The summed E-state index contributed by atoms with van der Waals surface area (Å²) in [4.78, 5) is 22.5. The Morgan fingerprint density at radius 2 is 1.56 bits per heavy atom.